The van der Waals surface area contributed by atoms with Crippen LogP contribution in [-0.4, -0.2) is 6.61 Å². The molecule has 0 fully saturated rings. The molecule has 0 aliphatic carbocycles. The van der Waals surface area contributed by atoms with Crippen LogP contribution < -0.4 is 4.74 Å². The van der Waals surface area contributed by atoms with Crippen LogP contribution in [0.15, 0.2) is 34.8 Å². The first-order valence-corrected chi connectivity index (χ1v) is 8.27. The zero-order chi connectivity index (χ0) is 13.1. The first kappa shape index (κ1) is 14.1. The molecule has 0 N–H and O–H groups in total. The van der Waals surface area contributed by atoms with Crippen molar-refractivity contribution in [1.29, 1.82) is 0 Å². The predicted octanol–water partition coefficient (Wildman–Crippen LogP) is 5.70. The van der Waals surface area contributed by atoms with Crippen molar-refractivity contribution >= 4 is 43.2 Å². The molecule has 2 rings (SSSR count). The Bertz CT molecular complexity index is 536. The average Bonchev–Trinajstić information content (AvgIpc) is 2.76. The summed E-state index contributed by atoms with van der Waals surface area (Å²) >= 11 is 9.19. The predicted molar refractivity (Wildman–Crippen MR) is 85.1 cm³/mol. The number of ether oxygens (including phenoxy) is 1. The highest BCUT2D eigenvalue weighted by Crippen LogP contribution is 2.39. The van der Waals surface area contributed by atoms with Crippen molar-refractivity contribution < 1.29 is 4.74 Å². The van der Waals surface area contributed by atoms with E-state index in [4.69, 9.17) is 4.74 Å². The Morgan fingerprint density at radius 3 is 2.61 bits per heavy atom. The highest BCUT2D eigenvalue weighted by atomic mass is 79.9. The van der Waals surface area contributed by atoms with Gasteiger partial charge in [-0.3, -0.25) is 0 Å². The Kier molecular flexibility index (Phi) is 4.87. The smallest absolute Gasteiger partial charge is 0.120 e. The molecule has 0 saturated heterocycles. The quantitative estimate of drug-likeness (QED) is 0.609. The lowest BCUT2D eigenvalue weighted by molar-refractivity contribution is 0.340. The number of aryl methyl sites for hydroxylation is 1. The summed E-state index contributed by atoms with van der Waals surface area (Å²) in [6.07, 6.45) is 0. The monoisotopic (exact) mass is 388 g/mol. The van der Waals surface area contributed by atoms with Gasteiger partial charge in [-0.2, -0.15) is 0 Å². The molecule has 0 spiro atoms. The fourth-order valence-corrected chi connectivity index (χ4v) is 4.31. The van der Waals surface area contributed by atoms with E-state index in [2.05, 4.69) is 57.0 Å². The molecule has 4 heteroatoms. The van der Waals surface area contributed by atoms with E-state index in [0.29, 0.717) is 6.61 Å². The summed E-state index contributed by atoms with van der Waals surface area (Å²) in [6, 6.07) is 10.5. The Morgan fingerprint density at radius 2 is 2.06 bits per heavy atom. The van der Waals surface area contributed by atoms with Gasteiger partial charge in [-0.05, 0) is 43.7 Å². The van der Waals surface area contributed by atoms with Gasteiger partial charge in [0, 0.05) is 14.2 Å². The van der Waals surface area contributed by atoms with Gasteiger partial charge >= 0.3 is 0 Å². The summed E-state index contributed by atoms with van der Waals surface area (Å²) in [5.41, 5.74) is 1.22. The minimum Gasteiger partial charge on any atom is -0.494 e. The average molecular weight is 390 g/mol. The normalized spacial score (nSPS) is 12.4. The fourth-order valence-electron chi connectivity index (χ4n) is 1.71. The summed E-state index contributed by atoms with van der Waals surface area (Å²) in [5, 5.41) is 0. The largest absolute Gasteiger partial charge is 0.494 e. The van der Waals surface area contributed by atoms with Gasteiger partial charge in [0.1, 0.15) is 5.75 Å². The van der Waals surface area contributed by atoms with Gasteiger partial charge < -0.3 is 4.74 Å². The molecular weight excluding hydrogens is 376 g/mol. The van der Waals surface area contributed by atoms with E-state index in [1.165, 1.54) is 15.3 Å². The summed E-state index contributed by atoms with van der Waals surface area (Å²) < 4.78 is 6.56. The maximum atomic E-state index is 5.49. The van der Waals surface area contributed by atoms with Gasteiger partial charge in [0.2, 0.25) is 0 Å². The third kappa shape index (κ3) is 3.16. The van der Waals surface area contributed by atoms with E-state index in [1.807, 2.05) is 30.4 Å². The van der Waals surface area contributed by atoms with Gasteiger partial charge in [0.15, 0.2) is 0 Å². The van der Waals surface area contributed by atoms with Gasteiger partial charge in [0.05, 0.1) is 11.4 Å². The molecule has 2 aromatic rings. The Hall–Kier alpha value is -0.320. The molecule has 18 heavy (non-hydrogen) atoms. The number of halogens is 2. The molecular formula is C14H14Br2OS. The Balaban J connectivity index is 2.28. The van der Waals surface area contributed by atoms with E-state index in [1.54, 1.807) is 0 Å². The molecule has 0 bridgehead atoms. The van der Waals surface area contributed by atoms with E-state index >= 15 is 0 Å². The minimum absolute atomic E-state index is 0.223. The van der Waals surface area contributed by atoms with Crippen LogP contribution in [0.3, 0.4) is 0 Å². The highest BCUT2D eigenvalue weighted by Gasteiger charge is 2.15. The van der Waals surface area contributed by atoms with Gasteiger partial charge in [-0.25, -0.2) is 0 Å². The summed E-state index contributed by atoms with van der Waals surface area (Å²) in [6.45, 7) is 4.80. The Morgan fingerprint density at radius 1 is 1.28 bits per heavy atom. The van der Waals surface area contributed by atoms with Crippen LogP contribution in [0.2, 0.25) is 0 Å². The second kappa shape index (κ2) is 6.22. The fraction of sp³-hybridized carbons (Fsp3) is 0.286. The zero-order valence-electron chi connectivity index (χ0n) is 10.2. The summed E-state index contributed by atoms with van der Waals surface area (Å²) in [5.74, 6) is 0.898. The molecule has 0 aliphatic heterocycles. The van der Waals surface area contributed by atoms with Crippen LogP contribution in [-0.2, 0) is 0 Å². The van der Waals surface area contributed by atoms with Crippen molar-refractivity contribution in [3.8, 4) is 5.75 Å². The maximum absolute atomic E-state index is 5.49. The van der Waals surface area contributed by atoms with Crippen LogP contribution in [0, 0.1) is 6.92 Å². The molecule has 0 amide bonds. The van der Waals surface area contributed by atoms with Crippen molar-refractivity contribution in [1.82, 2.24) is 0 Å². The first-order chi connectivity index (χ1) is 8.61. The van der Waals surface area contributed by atoms with Crippen molar-refractivity contribution in [3.63, 3.8) is 0 Å². The lowest BCUT2D eigenvalue weighted by Crippen LogP contribution is -1.95. The number of alkyl halides is 1. The zero-order valence-corrected chi connectivity index (χ0v) is 14.2. The SMILES string of the molecule is CCOc1ccc(C(Br)c2ccc(C)s2)c(Br)c1. The van der Waals surface area contributed by atoms with Crippen molar-refractivity contribution in [2.45, 2.75) is 18.7 Å². The van der Waals surface area contributed by atoms with Crippen LogP contribution in [0.4, 0.5) is 0 Å². The van der Waals surface area contributed by atoms with Crippen LogP contribution in [0.1, 0.15) is 27.1 Å². The minimum atomic E-state index is 0.223. The molecule has 0 saturated carbocycles. The standard InChI is InChI=1S/C14H14Br2OS/c1-3-17-10-5-6-11(12(15)8-10)14(16)13-7-4-9(2)18-13/h4-8,14H,3H2,1-2H3. The summed E-state index contributed by atoms with van der Waals surface area (Å²) in [4.78, 5) is 2.87. The van der Waals surface area contributed by atoms with Crippen molar-refractivity contribution in [2.24, 2.45) is 0 Å². The topological polar surface area (TPSA) is 9.23 Å². The van der Waals surface area contributed by atoms with Gasteiger partial charge in [-0.1, -0.05) is 37.9 Å². The molecule has 1 heterocycles. The third-order valence-corrected chi connectivity index (χ3v) is 5.61. The molecule has 1 aromatic carbocycles. The number of benzene rings is 1. The molecule has 1 aromatic heterocycles. The first-order valence-electron chi connectivity index (χ1n) is 5.74. The maximum Gasteiger partial charge on any atom is 0.120 e. The van der Waals surface area contributed by atoms with E-state index in [9.17, 15) is 0 Å². The highest BCUT2D eigenvalue weighted by molar-refractivity contribution is 9.11. The molecule has 96 valence electrons. The third-order valence-electron chi connectivity index (χ3n) is 2.57. The number of hydrogen-bond donors (Lipinski definition) is 0. The number of thiophene rings is 1. The molecule has 1 nitrogen and oxygen atoms in total. The molecule has 1 atom stereocenters. The van der Waals surface area contributed by atoms with E-state index in [-0.39, 0.29) is 4.83 Å². The van der Waals surface area contributed by atoms with Crippen molar-refractivity contribution in [2.75, 3.05) is 6.61 Å². The number of rotatable bonds is 4. The van der Waals surface area contributed by atoms with Gasteiger partial charge in [-0.15, -0.1) is 11.3 Å². The van der Waals surface area contributed by atoms with Crippen LogP contribution >= 0.6 is 43.2 Å². The molecule has 1 unspecified atom stereocenters. The second-order valence-electron chi connectivity index (χ2n) is 3.93. The van der Waals surface area contributed by atoms with E-state index in [0.717, 1.165) is 10.2 Å². The lowest BCUT2D eigenvalue weighted by atomic mass is 10.1. The Labute approximate surface area is 128 Å². The molecule has 0 radical (unpaired) electrons. The van der Waals surface area contributed by atoms with E-state index < -0.39 is 0 Å². The molecule has 0 aliphatic rings. The van der Waals surface area contributed by atoms with Crippen LogP contribution in [0.5, 0.6) is 5.75 Å². The number of hydrogen-bond acceptors (Lipinski definition) is 2. The van der Waals surface area contributed by atoms with Crippen molar-refractivity contribution in [3.05, 3.63) is 50.1 Å². The summed E-state index contributed by atoms with van der Waals surface area (Å²) in [7, 11) is 0. The van der Waals surface area contributed by atoms with Gasteiger partial charge in [0.25, 0.3) is 0 Å². The lowest BCUT2D eigenvalue weighted by Gasteiger charge is -2.12. The second-order valence-corrected chi connectivity index (χ2v) is 7.02. The van der Waals surface area contributed by atoms with Crippen LogP contribution in [0.25, 0.3) is 0 Å².